The third-order valence-corrected chi connectivity index (χ3v) is 3.24. The van der Waals surface area contributed by atoms with Crippen LogP contribution in [0, 0.1) is 12.8 Å². The first kappa shape index (κ1) is 13.9. The van der Waals surface area contributed by atoms with E-state index in [2.05, 4.69) is 10.3 Å². The number of aryl methyl sites for hydroxylation is 1. The molecule has 0 radical (unpaired) electrons. The van der Waals surface area contributed by atoms with Gasteiger partial charge in [-0.05, 0) is 24.5 Å². The van der Waals surface area contributed by atoms with E-state index in [1.807, 2.05) is 20.8 Å². The number of amides is 1. The number of nitrogens with one attached hydrogen (secondary N) is 1. The standard InChI is InChI=1S/C12H18ClN3O/c1-4-7(2)10(14)12(17)16-9-5-8(3)11(13)15-6-9/h5-7,10H,4,14H2,1-3H3,(H,16,17)/t7?,10-/m0/s1. The minimum absolute atomic E-state index is 0.149. The second-order valence-corrected chi connectivity index (χ2v) is 4.59. The molecule has 0 saturated heterocycles. The SMILES string of the molecule is CCC(C)[C@H](N)C(=O)Nc1cnc(Cl)c(C)c1. The lowest BCUT2D eigenvalue weighted by Gasteiger charge is -2.17. The molecule has 0 aliphatic rings. The Kier molecular flexibility index (Phi) is 4.90. The zero-order valence-corrected chi connectivity index (χ0v) is 11.1. The van der Waals surface area contributed by atoms with Crippen molar-refractivity contribution in [2.24, 2.45) is 11.7 Å². The molecule has 0 fully saturated rings. The molecule has 0 aliphatic heterocycles. The Balaban J connectivity index is 2.71. The van der Waals surface area contributed by atoms with Crippen LogP contribution < -0.4 is 11.1 Å². The molecular weight excluding hydrogens is 238 g/mol. The van der Waals surface area contributed by atoms with Gasteiger partial charge in [-0.2, -0.15) is 0 Å². The molecule has 17 heavy (non-hydrogen) atoms. The van der Waals surface area contributed by atoms with E-state index in [9.17, 15) is 4.79 Å². The van der Waals surface area contributed by atoms with Crippen molar-refractivity contribution < 1.29 is 4.79 Å². The number of carbonyl (C=O) groups is 1. The highest BCUT2D eigenvalue weighted by molar-refractivity contribution is 6.30. The predicted octanol–water partition coefficient (Wildman–Crippen LogP) is 2.36. The summed E-state index contributed by atoms with van der Waals surface area (Å²) in [5, 5.41) is 3.18. The predicted molar refractivity (Wildman–Crippen MR) is 70.0 cm³/mol. The number of halogens is 1. The Hall–Kier alpha value is -1.13. The van der Waals surface area contributed by atoms with Crippen LogP contribution in [-0.4, -0.2) is 16.9 Å². The quantitative estimate of drug-likeness (QED) is 0.812. The second kappa shape index (κ2) is 5.98. The normalized spacial score (nSPS) is 14.2. The Bertz CT molecular complexity index is 409. The van der Waals surface area contributed by atoms with Gasteiger partial charge >= 0.3 is 0 Å². The molecule has 0 spiro atoms. The minimum Gasteiger partial charge on any atom is -0.323 e. The van der Waals surface area contributed by atoms with Gasteiger partial charge in [0.25, 0.3) is 0 Å². The molecule has 2 atom stereocenters. The van der Waals surface area contributed by atoms with E-state index in [0.717, 1.165) is 12.0 Å². The van der Waals surface area contributed by atoms with E-state index in [1.54, 1.807) is 6.07 Å². The molecule has 1 heterocycles. The lowest BCUT2D eigenvalue weighted by atomic mass is 9.99. The zero-order valence-electron chi connectivity index (χ0n) is 10.3. The van der Waals surface area contributed by atoms with Crippen molar-refractivity contribution in [1.29, 1.82) is 0 Å². The highest BCUT2D eigenvalue weighted by atomic mass is 35.5. The fourth-order valence-corrected chi connectivity index (χ4v) is 1.47. The topological polar surface area (TPSA) is 68.0 Å². The Morgan fingerprint density at radius 3 is 2.82 bits per heavy atom. The molecule has 0 saturated carbocycles. The molecule has 1 aromatic heterocycles. The van der Waals surface area contributed by atoms with Gasteiger partial charge < -0.3 is 11.1 Å². The van der Waals surface area contributed by atoms with E-state index in [4.69, 9.17) is 17.3 Å². The fourth-order valence-electron chi connectivity index (χ4n) is 1.36. The van der Waals surface area contributed by atoms with Crippen LogP contribution in [0.15, 0.2) is 12.3 Å². The first-order chi connectivity index (χ1) is 7.95. The maximum Gasteiger partial charge on any atom is 0.241 e. The number of carbonyl (C=O) groups excluding carboxylic acids is 1. The van der Waals surface area contributed by atoms with Gasteiger partial charge in [-0.15, -0.1) is 0 Å². The molecule has 4 nitrogen and oxygen atoms in total. The van der Waals surface area contributed by atoms with Crippen LogP contribution >= 0.6 is 11.6 Å². The van der Waals surface area contributed by atoms with Crippen molar-refractivity contribution in [1.82, 2.24) is 4.98 Å². The van der Waals surface area contributed by atoms with Crippen LogP contribution in [0.5, 0.6) is 0 Å². The summed E-state index contributed by atoms with van der Waals surface area (Å²) in [5.41, 5.74) is 7.27. The van der Waals surface area contributed by atoms with Gasteiger partial charge in [0.1, 0.15) is 5.15 Å². The molecule has 1 amide bonds. The third-order valence-electron chi connectivity index (χ3n) is 2.84. The number of nitrogens with zero attached hydrogens (tertiary/aromatic N) is 1. The van der Waals surface area contributed by atoms with Crippen molar-refractivity contribution in [2.45, 2.75) is 33.2 Å². The number of aromatic nitrogens is 1. The second-order valence-electron chi connectivity index (χ2n) is 4.23. The van der Waals surface area contributed by atoms with Gasteiger partial charge in [0, 0.05) is 0 Å². The van der Waals surface area contributed by atoms with Crippen LogP contribution in [0.4, 0.5) is 5.69 Å². The lowest BCUT2D eigenvalue weighted by Crippen LogP contribution is -2.40. The average molecular weight is 256 g/mol. The number of nitrogens with two attached hydrogens (primary N) is 1. The van der Waals surface area contributed by atoms with Gasteiger partial charge in [-0.1, -0.05) is 31.9 Å². The third kappa shape index (κ3) is 3.68. The molecule has 0 bridgehead atoms. The zero-order chi connectivity index (χ0) is 13.0. The molecule has 1 unspecified atom stereocenters. The summed E-state index contributed by atoms with van der Waals surface area (Å²) in [6.07, 6.45) is 2.39. The van der Waals surface area contributed by atoms with Gasteiger partial charge in [0.15, 0.2) is 0 Å². The van der Waals surface area contributed by atoms with E-state index in [-0.39, 0.29) is 11.8 Å². The van der Waals surface area contributed by atoms with Gasteiger partial charge in [-0.3, -0.25) is 4.79 Å². The summed E-state index contributed by atoms with van der Waals surface area (Å²) in [5.74, 6) is -0.0424. The molecule has 1 rings (SSSR count). The highest BCUT2D eigenvalue weighted by Gasteiger charge is 2.19. The lowest BCUT2D eigenvalue weighted by molar-refractivity contribution is -0.118. The molecule has 3 N–H and O–H groups in total. The molecule has 1 aromatic rings. The molecule has 0 aliphatic carbocycles. The van der Waals surface area contributed by atoms with Crippen LogP contribution in [0.25, 0.3) is 0 Å². The van der Waals surface area contributed by atoms with Crippen molar-refractivity contribution in [3.05, 3.63) is 23.0 Å². The molecule has 94 valence electrons. The number of rotatable bonds is 4. The van der Waals surface area contributed by atoms with Crippen molar-refractivity contribution in [2.75, 3.05) is 5.32 Å². The van der Waals surface area contributed by atoms with E-state index in [1.165, 1.54) is 6.20 Å². The Morgan fingerprint density at radius 1 is 1.65 bits per heavy atom. The largest absolute Gasteiger partial charge is 0.323 e. The summed E-state index contributed by atoms with van der Waals surface area (Å²) in [7, 11) is 0. The number of pyridine rings is 1. The molecule has 0 aromatic carbocycles. The molecular formula is C12H18ClN3O. The van der Waals surface area contributed by atoms with Crippen LogP contribution in [0.3, 0.4) is 0 Å². The summed E-state index contributed by atoms with van der Waals surface area (Å²) < 4.78 is 0. The van der Waals surface area contributed by atoms with Crippen molar-refractivity contribution >= 4 is 23.2 Å². The van der Waals surface area contributed by atoms with Crippen molar-refractivity contribution in [3.8, 4) is 0 Å². The molecule has 5 heteroatoms. The van der Waals surface area contributed by atoms with Crippen LogP contribution in [-0.2, 0) is 4.79 Å². The number of anilines is 1. The first-order valence-corrected chi connectivity index (χ1v) is 6.02. The Labute approximate surface area is 107 Å². The number of hydrogen-bond acceptors (Lipinski definition) is 3. The minimum atomic E-state index is -0.504. The average Bonchev–Trinajstić information content (AvgIpc) is 2.31. The number of hydrogen-bond donors (Lipinski definition) is 2. The maximum absolute atomic E-state index is 11.8. The fraction of sp³-hybridized carbons (Fsp3) is 0.500. The van der Waals surface area contributed by atoms with E-state index < -0.39 is 6.04 Å². The van der Waals surface area contributed by atoms with Crippen molar-refractivity contribution in [3.63, 3.8) is 0 Å². The Morgan fingerprint density at radius 2 is 2.29 bits per heavy atom. The van der Waals surface area contributed by atoms with Crippen LogP contribution in [0.2, 0.25) is 5.15 Å². The summed E-state index contributed by atoms with van der Waals surface area (Å²) in [6, 6.07) is 1.27. The van der Waals surface area contributed by atoms with Crippen LogP contribution in [0.1, 0.15) is 25.8 Å². The summed E-state index contributed by atoms with van der Waals surface area (Å²) >= 11 is 5.80. The maximum atomic E-state index is 11.8. The monoisotopic (exact) mass is 255 g/mol. The summed E-state index contributed by atoms with van der Waals surface area (Å²) in [6.45, 7) is 5.79. The smallest absolute Gasteiger partial charge is 0.241 e. The summed E-state index contributed by atoms with van der Waals surface area (Å²) in [4.78, 5) is 15.8. The van der Waals surface area contributed by atoms with Gasteiger partial charge in [0.05, 0.1) is 17.9 Å². The van der Waals surface area contributed by atoms with Gasteiger partial charge in [-0.25, -0.2) is 4.98 Å². The highest BCUT2D eigenvalue weighted by Crippen LogP contribution is 2.16. The van der Waals surface area contributed by atoms with E-state index >= 15 is 0 Å². The van der Waals surface area contributed by atoms with Gasteiger partial charge in [0.2, 0.25) is 5.91 Å². The van der Waals surface area contributed by atoms with E-state index in [0.29, 0.717) is 10.8 Å². The first-order valence-electron chi connectivity index (χ1n) is 5.64.